The maximum absolute atomic E-state index is 9.77. The molecule has 0 atom stereocenters. The van der Waals surface area contributed by atoms with Crippen LogP contribution < -0.4 is 18.9 Å². The van der Waals surface area contributed by atoms with E-state index >= 15 is 0 Å². The van der Waals surface area contributed by atoms with Crippen molar-refractivity contribution in [3.05, 3.63) is 47.5 Å². The van der Waals surface area contributed by atoms with Crippen LogP contribution >= 0.6 is 0 Å². The van der Waals surface area contributed by atoms with Gasteiger partial charge >= 0.3 is 0 Å². The van der Waals surface area contributed by atoms with E-state index in [4.69, 9.17) is 24.1 Å². The smallest absolute Gasteiger partial charge is 0.161 e. The fraction of sp³-hybridized carbons (Fsp3) is 0.483. The van der Waals surface area contributed by atoms with Crippen molar-refractivity contribution in [2.24, 2.45) is 0 Å². The van der Waals surface area contributed by atoms with Crippen molar-refractivity contribution in [3.63, 3.8) is 0 Å². The quantitative estimate of drug-likeness (QED) is 0.181. The van der Waals surface area contributed by atoms with Crippen LogP contribution in [0.25, 0.3) is 11.6 Å². The van der Waals surface area contributed by atoms with Gasteiger partial charge in [-0.15, -0.1) is 0 Å². The number of hydrogen-bond acceptors (Lipinski definition) is 6. The highest BCUT2D eigenvalue weighted by atomic mass is 16.6. The average molecular weight is 480 g/mol. The number of ether oxygens (including phenoxy) is 4. The molecule has 188 valence electrons. The van der Waals surface area contributed by atoms with Gasteiger partial charge in [0.25, 0.3) is 0 Å². The molecule has 0 fully saturated rings. The lowest BCUT2D eigenvalue weighted by Crippen LogP contribution is -2.15. The Kier molecular flexibility index (Phi) is 11.3. The van der Waals surface area contributed by atoms with Gasteiger partial charge in [0.2, 0.25) is 0 Å². The molecule has 6 nitrogen and oxygen atoms in total. The molecule has 3 rings (SSSR count). The molecule has 35 heavy (non-hydrogen) atoms. The third-order valence-electron chi connectivity index (χ3n) is 6.03. The molecule has 6 heteroatoms. The second kappa shape index (κ2) is 15.0. The minimum Gasteiger partial charge on any atom is -0.493 e. The zero-order chi connectivity index (χ0) is 24.7. The van der Waals surface area contributed by atoms with Gasteiger partial charge in [0.05, 0.1) is 25.4 Å². The first-order valence-electron chi connectivity index (χ1n) is 12.7. The van der Waals surface area contributed by atoms with E-state index in [1.54, 1.807) is 7.11 Å². The van der Waals surface area contributed by atoms with Crippen LogP contribution in [-0.4, -0.2) is 38.6 Å². The number of aliphatic hydroxyl groups is 1. The number of benzene rings is 2. The molecule has 2 aromatic carbocycles. The first-order chi connectivity index (χ1) is 17.2. The zero-order valence-electron chi connectivity index (χ0n) is 20.8. The highest BCUT2D eigenvalue weighted by Gasteiger charge is 2.13. The highest BCUT2D eigenvalue weighted by molar-refractivity contribution is 5.90. The van der Waals surface area contributed by atoms with Gasteiger partial charge in [-0.3, -0.25) is 0 Å². The van der Waals surface area contributed by atoms with Crippen molar-refractivity contribution in [2.75, 3.05) is 33.5 Å². The van der Waals surface area contributed by atoms with E-state index in [2.05, 4.69) is 6.07 Å². The number of aliphatic hydroxyl groups excluding tert-OH is 1. The number of unbranched alkanes of at least 4 members (excludes halogenated alkanes) is 8. The predicted molar refractivity (Wildman–Crippen MR) is 138 cm³/mol. The molecule has 1 N–H and O–H groups in total. The van der Waals surface area contributed by atoms with Gasteiger partial charge in [-0.2, -0.15) is 5.26 Å². The Morgan fingerprint density at radius 3 is 2.26 bits per heavy atom. The average Bonchev–Trinajstić information content (AvgIpc) is 2.90. The van der Waals surface area contributed by atoms with Crippen molar-refractivity contribution in [3.8, 4) is 29.1 Å². The molecule has 0 saturated heterocycles. The summed E-state index contributed by atoms with van der Waals surface area (Å²) in [7, 11) is 1.61. The lowest BCUT2D eigenvalue weighted by molar-refractivity contribution is 0.171. The number of rotatable bonds is 15. The number of nitrogens with zero attached hydrogens (tertiary/aromatic N) is 1. The summed E-state index contributed by atoms with van der Waals surface area (Å²) in [6.07, 6.45) is 12.3. The number of nitriles is 1. The van der Waals surface area contributed by atoms with Crippen molar-refractivity contribution in [1.29, 1.82) is 5.26 Å². The normalized spacial score (nSPS) is 12.8. The van der Waals surface area contributed by atoms with Crippen LogP contribution in [-0.2, 0) is 0 Å². The first-order valence-corrected chi connectivity index (χ1v) is 12.7. The molecule has 0 unspecified atom stereocenters. The number of hydrogen-bond donors (Lipinski definition) is 1. The molecule has 0 amide bonds. The van der Waals surface area contributed by atoms with Gasteiger partial charge < -0.3 is 24.1 Å². The van der Waals surface area contributed by atoms with Gasteiger partial charge in [-0.1, -0.05) is 51.0 Å². The fourth-order valence-electron chi connectivity index (χ4n) is 4.08. The van der Waals surface area contributed by atoms with Gasteiger partial charge in [0, 0.05) is 6.61 Å². The number of fused-ring (bicyclic) bond motifs is 1. The number of methoxy groups -OCH3 is 1. The summed E-state index contributed by atoms with van der Waals surface area (Å²) in [5, 5.41) is 18.6. The molecular weight excluding hydrogens is 442 g/mol. The molecule has 0 bridgehead atoms. The minimum absolute atomic E-state index is 0.310. The van der Waals surface area contributed by atoms with Crippen molar-refractivity contribution in [1.82, 2.24) is 0 Å². The molecule has 0 radical (unpaired) electrons. The summed E-state index contributed by atoms with van der Waals surface area (Å²) in [5.41, 5.74) is 2.17. The summed E-state index contributed by atoms with van der Waals surface area (Å²) in [6.45, 7) is 2.03. The third kappa shape index (κ3) is 8.52. The molecule has 0 spiro atoms. The lowest BCUT2D eigenvalue weighted by Gasteiger charge is -2.18. The molecule has 1 aliphatic heterocycles. The Labute approximate surface area is 209 Å². The van der Waals surface area contributed by atoms with E-state index in [1.165, 1.54) is 32.1 Å². The van der Waals surface area contributed by atoms with E-state index in [-0.39, 0.29) is 0 Å². The lowest BCUT2D eigenvalue weighted by atomic mass is 10.0. The van der Waals surface area contributed by atoms with E-state index in [0.29, 0.717) is 49.2 Å². The maximum atomic E-state index is 9.77. The van der Waals surface area contributed by atoms with Crippen LogP contribution in [0.2, 0.25) is 0 Å². The summed E-state index contributed by atoms with van der Waals surface area (Å²) in [4.78, 5) is 0. The molecule has 0 saturated carbocycles. The second-order valence-corrected chi connectivity index (χ2v) is 8.69. The third-order valence-corrected chi connectivity index (χ3v) is 6.03. The van der Waals surface area contributed by atoms with E-state index in [9.17, 15) is 5.26 Å². The predicted octanol–water partition coefficient (Wildman–Crippen LogP) is 6.41. The molecular formula is C29H37NO5. The van der Waals surface area contributed by atoms with Gasteiger partial charge in [0.1, 0.15) is 13.2 Å². The van der Waals surface area contributed by atoms with Gasteiger partial charge in [-0.05, 0) is 60.4 Å². The Morgan fingerprint density at radius 1 is 0.886 bits per heavy atom. The van der Waals surface area contributed by atoms with E-state index < -0.39 is 0 Å². The molecule has 1 heterocycles. The van der Waals surface area contributed by atoms with Crippen molar-refractivity contribution >= 4 is 11.6 Å². The minimum atomic E-state index is 0.310. The van der Waals surface area contributed by atoms with Crippen LogP contribution in [0, 0.1) is 11.3 Å². The van der Waals surface area contributed by atoms with Gasteiger partial charge in [-0.25, -0.2) is 0 Å². The Morgan fingerprint density at radius 2 is 1.57 bits per heavy atom. The summed E-state index contributed by atoms with van der Waals surface area (Å²) >= 11 is 0. The molecule has 2 aromatic rings. The second-order valence-electron chi connectivity index (χ2n) is 8.69. The maximum Gasteiger partial charge on any atom is 0.161 e. The van der Waals surface area contributed by atoms with Crippen molar-refractivity contribution in [2.45, 2.75) is 57.8 Å². The molecule has 0 aromatic heterocycles. The van der Waals surface area contributed by atoms with Crippen LogP contribution in [0.4, 0.5) is 0 Å². The first kappa shape index (κ1) is 26.4. The number of allylic oxidation sites excluding steroid dienone is 1. The van der Waals surface area contributed by atoms with E-state index in [1.807, 2.05) is 42.5 Å². The van der Waals surface area contributed by atoms with Gasteiger partial charge in [0.15, 0.2) is 23.0 Å². The molecule has 0 aliphatic carbocycles. The van der Waals surface area contributed by atoms with Crippen LogP contribution in [0.15, 0.2) is 36.4 Å². The summed E-state index contributed by atoms with van der Waals surface area (Å²) in [5.74, 6) is 2.73. The standard InChI is InChI=1S/C29H37NO5/c1-32-28-21-24(25(22-30)19-23-11-13-27-29(20-23)35-18-17-34-27)12-14-26(28)33-16-10-8-6-4-2-3-5-7-9-15-31/h11-14,19-21,31H,2-10,15-18H2,1H3. The summed E-state index contributed by atoms with van der Waals surface area (Å²) in [6, 6.07) is 13.6. The van der Waals surface area contributed by atoms with Crippen LogP contribution in [0.3, 0.4) is 0 Å². The SMILES string of the molecule is COc1cc(C(C#N)=Cc2ccc3c(c2)OCCO3)ccc1OCCCCCCCCCCCO. The summed E-state index contributed by atoms with van der Waals surface area (Å²) < 4.78 is 22.7. The topological polar surface area (TPSA) is 80.9 Å². The Balaban J connectivity index is 1.49. The van der Waals surface area contributed by atoms with Crippen LogP contribution in [0.5, 0.6) is 23.0 Å². The largest absolute Gasteiger partial charge is 0.493 e. The van der Waals surface area contributed by atoms with E-state index in [0.717, 1.165) is 42.6 Å². The Bertz CT molecular complexity index is 995. The van der Waals surface area contributed by atoms with Crippen LogP contribution in [0.1, 0.15) is 68.9 Å². The Hall–Kier alpha value is -3.17. The molecule has 1 aliphatic rings. The monoisotopic (exact) mass is 479 g/mol. The highest BCUT2D eigenvalue weighted by Crippen LogP contribution is 2.34. The van der Waals surface area contributed by atoms with Crippen molar-refractivity contribution < 1.29 is 24.1 Å². The fourth-order valence-corrected chi connectivity index (χ4v) is 4.08. The zero-order valence-corrected chi connectivity index (χ0v) is 20.8.